The van der Waals surface area contributed by atoms with Crippen LogP contribution in [0.25, 0.3) is 11.1 Å². The van der Waals surface area contributed by atoms with Gasteiger partial charge >= 0.3 is 0 Å². The van der Waals surface area contributed by atoms with Crippen LogP contribution in [0.5, 0.6) is 5.75 Å². The summed E-state index contributed by atoms with van der Waals surface area (Å²) in [5.74, 6) is 0.898. The lowest BCUT2D eigenvalue weighted by Crippen LogP contribution is -2.30. The molecule has 0 aliphatic rings. The molecule has 1 atom stereocenters. The van der Waals surface area contributed by atoms with Crippen molar-refractivity contribution in [2.75, 3.05) is 14.1 Å². The van der Waals surface area contributed by atoms with Gasteiger partial charge in [0.25, 0.3) is 0 Å². The van der Waals surface area contributed by atoms with E-state index in [-0.39, 0.29) is 6.23 Å². The molecule has 3 aromatic rings. The number of hydrogen-bond donors (Lipinski definition) is 0. The Morgan fingerprint density at radius 3 is 1.86 bits per heavy atom. The predicted molar refractivity (Wildman–Crippen MR) is 124 cm³/mol. The van der Waals surface area contributed by atoms with Crippen LogP contribution >= 0.6 is 0 Å². The first-order valence-corrected chi connectivity index (χ1v) is 10.3. The Labute approximate surface area is 175 Å². The molecule has 150 valence electrons. The van der Waals surface area contributed by atoms with Gasteiger partial charge in [-0.05, 0) is 73.8 Å². The van der Waals surface area contributed by atoms with Gasteiger partial charge in [-0.3, -0.25) is 4.90 Å². The van der Waals surface area contributed by atoms with E-state index < -0.39 is 0 Å². The topological polar surface area (TPSA) is 12.5 Å². The van der Waals surface area contributed by atoms with Crippen molar-refractivity contribution in [3.05, 3.63) is 102 Å². The van der Waals surface area contributed by atoms with Crippen LogP contribution in [0.4, 0.5) is 0 Å². The van der Waals surface area contributed by atoms with E-state index in [0.29, 0.717) is 0 Å². The molecule has 2 nitrogen and oxygen atoms in total. The first-order valence-electron chi connectivity index (χ1n) is 10.3. The maximum Gasteiger partial charge on any atom is 0.149 e. The first-order chi connectivity index (χ1) is 14.1. The zero-order valence-electron chi connectivity index (χ0n) is 17.9. The Kier molecular flexibility index (Phi) is 7.26. The van der Waals surface area contributed by atoms with Crippen molar-refractivity contribution < 1.29 is 4.74 Å². The number of nitrogens with zero attached hydrogens (tertiary/aromatic N) is 1. The average Bonchev–Trinajstić information content (AvgIpc) is 2.76. The quantitative estimate of drug-likeness (QED) is 0.322. The highest BCUT2D eigenvalue weighted by Crippen LogP contribution is 2.32. The van der Waals surface area contributed by atoms with Crippen LogP contribution in [0.1, 0.15) is 37.0 Å². The molecule has 0 fully saturated rings. The van der Waals surface area contributed by atoms with Crippen LogP contribution in [-0.4, -0.2) is 25.2 Å². The lowest BCUT2D eigenvalue weighted by Gasteiger charge is -2.21. The number of benzene rings is 3. The third kappa shape index (κ3) is 5.58. The van der Waals surface area contributed by atoms with Crippen molar-refractivity contribution in [2.45, 2.75) is 32.9 Å². The lowest BCUT2D eigenvalue weighted by molar-refractivity contribution is 0.0815. The molecule has 0 aliphatic heterocycles. The Bertz CT molecular complexity index is 912. The summed E-state index contributed by atoms with van der Waals surface area (Å²) in [6.07, 6.45) is 1.94. The standard InChI is InChI=1S/C27H31NO/c1-5-26(24-16-18-25(19-17-24)29-21(2)28(3)4)27(23-14-10-7-11-15-23)20-22-12-8-6-9-13-22/h6-19,21H,5,20H2,1-4H3/b27-26+. The maximum atomic E-state index is 5.99. The first kappa shape index (κ1) is 20.9. The van der Waals surface area contributed by atoms with Crippen molar-refractivity contribution in [2.24, 2.45) is 0 Å². The summed E-state index contributed by atoms with van der Waals surface area (Å²) < 4.78 is 5.99. The molecule has 0 amide bonds. The fourth-order valence-corrected chi connectivity index (χ4v) is 3.45. The monoisotopic (exact) mass is 385 g/mol. The van der Waals surface area contributed by atoms with Gasteiger partial charge in [-0.15, -0.1) is 0 Å². The molecule has 3 rings (SSSR count). The predicted octanol–water partition coefficient (Wildman–Crippen LogP) is 6.54. The second kappa shape index (κ2) is 10.1. The molecular formula is C27H31NO. The molecule has 0 N–H and O–H groups in total. The van der Waals surface area contributed by atoms with Crippen LogP contribution in [0.3, 0.4) is 0 Å². The van der Waals surface area contributed by atoms with Gasteiger partial charge in [0.2, 0.25) is 0 Å². The number of ether oxygens (including phenoxy) is 1. The summed E-state index contributed by atoms with van der Waals surface area (Å²) in [5, 5.41) is 0. The van der Waals surface area contributed by atoms with Gasteiger partial charge in [-0.2, -0.15) is 0 Å². The van der Waals surface area contributed by atoms with E-state index >= 15 is 0 Å². The Balaban J connectivity index is 1.98. The third-order valence-electron chi connectivity index (χ3n) is 5.30. The number of hydrogen-bond acceptors (Lipinski definition) is 2. The molecule has 0 bridgehead atoms. The minimum absolute atomic E-state index is 0.0417. The second-order valence-corrected chi connectivity index (χ2v) is 7.54. The molecule has 0 spiro atoms. The molecule has 0 saturated carbocycles. The van der Waals surface area contributed by atoms with Crippen LogP contribution < -0.4 is 4.74 Å². The summed E-state index contributed by atoms with van der Waals surface area (Å²) in [6.45, 7) is 4.29. The van der Waals surface area contributed by atoms with Gasteiger partial charge < -0.3 is 4.74 Å². The van der Waals surface area contributed by atoms with Crippen molar-refractivity contribution >= 4 is 11.1 Å². The van der Waals surface area contributed by atoms with E-state index in [4.69, 9.17) is 4.74 Å². The highest BCUT2D eigenvalue weighted by atomic mass is 16.5. The van der Waals surface area contributed by atoms with E-state index in [0.717, 1.165) is 18.6 Å². The van der Waals surface area contributed by atoms with Crippen molar-refractivity contribution in [1.82, 2.24) is 4.90 Å². The minimum Gasteiger partial charge on any atom is -0.475 e. The van der Waals surface area contributed by atoms with E-state index in [1.807, 2.05) is 14.1 Å². The zero-order valence-corrected chi connectivity index (χ0v) is 17.9. The number of allylic oxidation sites excluding steroid dienone is 2. The van der Waals surface area contributed by atoms with E-state index in [2.05, 4.69) is 104 Å². The molecular weight excluding hydrogens is 354 g/mol. The molecule has 0 aliphatic carbocycles. The van der Waals surface area contributed by atoms with Crippen molar-refractivity contribution in [1.29, 1.82) is 0 Å². The van der Waals surface area contributed by atoms with E-state index in [1.54, 1.807) is 0 Å². The molecule has 0 heterocycles. The SMILES string of the molecule is CC/C(=C(/Cc1ccccc1)c1ccccc1)c1ccc(OC(C)N(C)C)cc1. The van der Waals surface area contributed by atoms with Gasteiger partial charge in [0.1, 0.15) is 12.0 Å². The fraction of sp³-hybridized carbons (Fsp3) is 0.259. The molecule has 2 heteroatoms. The summed E-state index contributed by atoms with van der Waals surface area (Å²) >= 11 is 0. The van der Waals surface area contributed by atoms with Crippen LogP contribution in [0, 0.1) is 0 Å². The smallest absolute Gasteiger partial charge is 0.149 e. The summed E-state index contributed by atoms with van der Waals surface area (Å²) in [5.41, 5.74) is 6.64. The lowest BCUT2D eigenvalue weighted by atomic mass is 9.89. The number of rotatable bonds is 8. The van der Waals surface area contributed by atoms with Crippen molar-refractivity contribution in [3.8, 4) is 5.75 Å². The zero-order chi connectivity index (χ0) is 20.6. The molecule has 3 aromatic carbocycles. The highest BCUT2D eigenvalue weighted by molar-refractivity contribution is 5.91. The normalized spacial score (nSPS) is 13.1. The van der Waals surface area contributed by atoms with Gasteiger partial charge in [-0.1, -0.05) is 79.7 Å². The Hall–Kier alpha value is -2.84. The molecule has 0 aromatic heterocycles. The van der Waals surface area contributed by atoms with Gasteiger partial charge in [-0.25, -0.2) is 0 Å². The van der Waals surface area contributed by atoms with Gasteiger partial charge in [0.05, 0.1) is 0 Å². The Morgan fingerprint density at radius 2 is 1.31 bits per heavy atom. The summed E-state index contributed by atoms with van der Waals surface area (Å²) in [4.78, 5) is 2.05. The van der Waals surface area contributed by atoms with Crippen LogP contribution in [0.15, 0.2) is 84.9 Å². The van der Waals surface area contributed by atoms with Gasteiger partial charge in [0, 0.05) is 0 Å². The largest absolute Gasteiger partial charge is 0.475 e. The van der Waals surface area contributed by atoms with Crippen LogP contribution in [-0.2, 0) is 6.42 Å². The van der Waals surface area contributed by atoms with E-state index in [9.17, 15) is 0 Å². The average molecular weight is 386 g/mol. The maximum absolute atomic E-state index is 5.99. The van der Waals surface area contributed by atoms with Crippen molar-refractivity contribution in [3.63, 3.8) is 0 Å². The highest BCUT2D eigenvalue weighted by Gasteiger charge is 2.12. The Morgan fingerprint density at radius 1 is 0.759 bits per heavy atom. The molecule has 29 heavy (non-hydrogen) atoms. The van der Waals surface area contributed by atoms with Gasteiger partial charge in [0.15, 0.2) is 0 Å². The summed E-state index contributed by atoms with van der Waals surface area (Å²) in [7, 11) is 4.04. The van der Waals surface area contributed by atoms with E-state index in [1.165, 1.54) is 27.8 Å². The molecule has 1 unspecified atom stereocenters. The third-order valence-corrected chi connectivity index (χ3v) is 5.30. The molecule has 0 radical (unpaired) electrons. The van der Waals surface area contributed by atoms with Crippen LogP contribution in [0.2, 0.25) is 0 Å². The fourth-order valence-electron chi connectivity index (χ4n) is 3.45. The summed E-state index contributed by atoms with van der Waals surface area (Å²) in [6, 6.07) is 30.0. The second-order valence-electron chi connectivity index (χ2n) is 7.54. The molecule has 0 saturated heterocycles. The minimum atomic E-state index is 0.0417.